The summed E-state index contributed by atoms with van der Waals surface area (Å²) in [7, 11) is -3.06. The highest BCUT2D eigenvalue weighted by Crippen LogP contribution is 2.37. The van der Waals surface area contributed by atoms with Gasteiger partial charge in [0.05, 0.1) is 33.6 Å². The highest BCUT2D eigenvalue weighted by Gasteiger charge is 2.47. The number of fused-ring (bicyclic) bond motifs is 1. The maximum Gasteiger partial charge on any atom is 0.164 e. The van der Waals surface area contributed by atoms with E-state index >= 15 is 0 Å². The lowest BCUT2D eigenvalue weighted by molar-refractivity contribution is 0.601. The van der Waals surface area contributed by atoms with Crippen molar-refractivity contribution in [2.75, 3.05) is 16.4 Å². The first-order chi connectivity index (χ1) is 13.2. The van der Waals surface area contributed by atoms with Crippen molar-refractivity contribution in [3.63, 3.8) is 0 Å². The molecule has 0 N–H and O–H groups in total. The van der Waals surface area contributed by atoms with Crippen LogP contribution in [0.2, 0.25) is 10.0 Å². The number of benzene rings is 2. The van der Waals surface area contributed by atoms with Crippen LogP contribution in [0.1, 0.15) is 16.7 Å². The number of halogens is 2. The smallest absolute Gasteiger partial charge is 0.164 e. The minimum atomic E-state index is -3.06. The van der Waals surface area contributed by atoms with Crippen molar-refractivity contribution in [1.29, 1.82) is 0 Å². The van der Waals surface area contributed by atoms with E-state index in [0.29, 0.717) is 15.8 Å². The average Bonchev–Trinajstić information content (AvgIpc) is 3.08. The number of sulfone groups is 1. The molecule has 2 heterocycles. The molecule has 28 heavy (non-hydrogen) atoms. The normalized spacial score (nSPS) is 23.0. The van der Waals surface area contributed by atoms with E-state index in [1.165, 1.54) is 5.56 Å². The molecule has 2 atom stereocenters. The molecule has 4 nitrogen and oxygen atoms in total. The summed E-state index contributed by atoms with van der Waals surface area (Å²) in [6.45, 7) is 4.11. The number of anilines is 1. The van der Waals surface area contributed by atoms with Gasteiger partial charge in [0.25, 0.3) is 0 Å². The number of thioether (sulfide) groups is 1. The van der Waals surface area contributed by atoms with Crippen LogP contribution < -0.4 is 4.90 Å². The van der Waals surface area contributed by atoms with Gasteiger partial charge in [0, 0.05) is 11.4 Å². The van der Waals surface area contributed by atoms with E-state index in [1.807, 2.05) is 12.1 Å². The van der Waals surface area contributed by atoms with Crippen molar-refractivity contribution in [3.05, 3.63) is 63.1 Å². The monoisotopic (exact) mass is 454 g/mol. The fraction of sp³-hybridized carbons (Fsp3) is 0.350. The summed E-state index contributed by atoms with van der Waals surface area (Å²) in [5.41, 5.74) is 4.37. The number of aryl methyl sites for hydroxylation is 2. The Morgan fingerprint density at radius 2 is 1.89 bits per heavy atom. The van der Waals surface area contributed by atoms with Crippen LogP contribution >= 0.6 is 35.0 Å². The summed E-state index contributed by atoms with van der Waals surface area (Å²) in [6, 6.07) is 11.5. The maximum atomic E-state index is 12.2. The molecule has 2 aliphatic rings. The lowest BCUT2D eigenvalue weighted by Crippen LogP contribution is -2.39. The minimum Gasteiger partial charge on any atom is -0.315 e. The van der Waals surface area contributed by atoms with Gasteiger partial charge in [-0.3, -0.25) is 4.99 Å². The van der Waals surface area contributed by atoms with Gasteiger partial charge in [-0.2, -0.15) is 0 Å². The second kappa shape index (κ2) is 7.56. The Balaban J connectivity index is 1.64. The molecule has 0 bridgehead atoms. The number of rotatable bonds is 3. The highest BCUT2D eigenvalue weighted by atomic mass is 35.5. The zero-order chi connectivity index (χ0) is 20.1. The molecule has 0 amide bonds. The van der Waals surface area contributed by atoms with Gasteiger partial charge in [0.1, 0.15) is 0 Å². The average molecular weight is 455 g/mol. The first-order valence-electron chi connectivity index (χ1n) is 8.95. The lowest BCUT2D eigenvalue weighted by Gasteiger charge is -2.28. The van der Waals surface area contributed by atoms with Gasteiger partial charge in [-0.05, 0) is 43.2 Å². The van der Waals surface area contributed by atoms with E-state index in [9.17, 15) is 8.42 Å². The number of nitrogens with zero attached hydrogens (tertiary/aromatic N) is 2. The van der Waals surface area contributed by atoms with Gasteiger partial charge in [-0.25, -0.2) is 8.42 Å². The second-order valence-corrected chi connectivity index (χ2v) is 11.2. The molecular formula is C20H20Cl2N2O2S2. The predicted octanol–water partition coefficient (Wildman–Crippen LogP) is 4.89. The van der Waals surface area contributed by atoms with Crippen molar-refractivity contribution < 1.29 is 8.42 Å². The largest absolute Gasteiger partial charge is 0.315 e. The molecule has 0 radical (unpaired) electrons. The third kappa shape index (κ3) is 3.92. The number of amidine groups is 1. The van der Waals surface area contributed by atoms with Crippen molar-refractivity contribution >= 4 is 55.7 Å². The Bertz CT molecular complexity index is 1070. The van der Waals surface area contributed by atoms with Crippen LogP contribution in [0.3, 0.4) is 0 Å². The van der Waals surface area contributed by atoms with Crippen molar-refractivity contribution in [3.8, 4) is 0 Å². The molecule has 0 saturated carbocycles. The van der Waals surface area contributed by atoms with Crippen LogP contribution in [0.4, 0.5) is 5.69 Å². The highest BCUT2D eigenvalue weighted by molar-refractivity contribution is 8.13. The maximum absolute atomic E-state index is 12.2. The first-order valence-corrected chi connectivity index (χ1v) is 12.5. The fourth-order valence-electron chi connectivity index (χ4n) is 3.77. The van der Waals surface area contributed by atoms with E-state index in [2.05, 4.69) is 36.9 Å². The van der Waals surface area contributed by atoms with E-state index < -0.39 is 9.84 Å². The van der Waals surface area contributed by atoms with E-state index in [4.69, 9.17) is 28.2 Å². The molecule has 0 aliphatic carbocycles. The van der Waals surface area contributed by atoms with E-state index in [-0.39, 0.29) is 23.6 Å². The molecule has 8 heteroatoms. The predicted molar refractivity (Wildman–Crippen MR) is 120 cm³/mol. The molecule has 1 fully saturated rings. The molecule has 148 valence electrons. The van der Waals surface area contributed by atoms with E-state index in [1.54, 1.807) is 17.8 Å². The van der Waals surface area contributed by atoms with Crippen molar-refractivity contribution in [2.24, 2.45) is 4.99 Å². The molecule has 4 rings (SSSR count). The number of hydrogen-bond acceptors (Lipinski definition) is 5. The van der Waals surface area contributed by atoms with Crippen LogP contribution in [-0.2, 0) is 15.6 Å². The van der Waals surface area contributed by atoms with Gasteiger partial charge >= 0.3 is 0 Å². The lowest BCUT2D eigenvalue weighted by atomic mass is 10.1. The molecule has 1 saturated heterocycles. The topological polar surface area (TPSA) is 49.7 Å². The Kier molecular flexibility index (Phi) is 5.42. The first kappa shape index (κ1) is 20.1. The Hall–Kier alpha value is -1.21. The fourth-order valence-corrected chi connectivity index (χ4v) is 6.99. The standard InChI is InChI=1S/C20H20Cl2N2O2S2/c1-12-3-6-18(13(2)7-12)24-19-11-28(25,26)10-17(19)23-20(24)27-9-14-4-5-15(21)16(22)8-14/h3-8,17,19H,9-11H2,1-2H3/t17-,19+/m1/s1. The van der Waals surface area contributed by atoms with Crippen LogP contribution in [0.25, 0.3) is 0 Å². The summed E-state index contributed by atoms with van der Waals surface area (Å²) in [4.78, 5) is 6.91. The van der Waals surface area contributed by atoms with Crippen LogP contribution in [0.15, 0.2) is 41.4 Å². The second-order valence-electron chi connectivity index (χ2n) is 7.32. The van der Waals surface area contributed by atoms with Crippen LogP contribution in [0.5, 0.6) is 0 Å². The minimum absolute atomic E-state index is 0.121. The molecule has 2 aromatic rings. The third-order valence-electron chi connectivity index (χ3n) is 5.07. The summed E-state index contributed by atoms with van der Waals surface area (Å²) >= 11 is 13.7. The molecule has 2 aliphatic heterocycles. The summed E-state index contributed by atoms with van der Waals surface area (Å²) < 4.78 is 24.4. The van der Waals surface area contributed by atoms with Crippen LogP contribution in [0, 0.1) is 13.8 Å². The summed E-state index contributed by atoms with van der Waals surface area (Å²) in [5, 5.41) is 1.93. The van der Waals surface area contributed by atoms with Crippen molar-refractivity contribution in [1.82, 2.24) is 0 Å². The summed E-state index contributed by atoms with van der Waals surface area (Å²) in [5.74, 6) is 0.949. The van der Waals surface area contributed by atoms with Crippen molar-refractivity contribution in [2.45, 2.75) is 31.7 Å². The Labute approximate surface area is 179 Å². The van der Waals surface area contributed by atoms with Gasteiger partial charge in [0.2, 0.25) is 0 Å². The zero-order valence-electron chi connectivity index (χ0n) is 15.5. The molecular weight excluding hydrogens is 435 g/mol. The summed E-state index contributed by atoms with van der Waals surface area (Å²) in [6.07, 6.45) is 0. The molecule has 2 aromatic carbocycles. The molecule has 0 aromatic heterocycles. The van der Waals surface area contributed by atoms with Gasteiger partial charge < -0.3 is 4.90 Å². The number of hydrogen-bond donors (Lipinski definition) is 0. The number of aliphatic imine (C=N–C) groups is 1. The third-order valence-corrected chi connectivity index (χ3v) is 8.55. The SMILES string of the molecule is Cc1ccc(N2C(SCc3ccc(Cl)c(Cl)c3)=N[C@@H]3CS(=O)(=O)C[C@@H]32)c(C)c1. The van der Waals surface area contributed by atoms with Crippen LogP contribution in [-0.4, -0.2) is 37.2 Å². The van der Waals surface area contributed by atoms with Gasteiger partial charge in [-0.1, -0.05) is 58.7 Å². The quantitative estimate of drug-likeness (QED) is 0.662. The zero-order valence-corrected chi connectivity index (χ0v) is 18.7. The Morgan fingerprint density at radius 3 is 2.61 bits per heavy atom. The molecule has 0 spiro atoms. The van der Waals surface area contributed by atoms with Gasteiger partial charge in [0.15, 0.2) is 15.0 Å². The van der Waals surface area contributed by atoms with E-state index in [0.717, 1.165) is 22.0 Å². The van der Waals surface area contributed by atoms with Gasteiger partial charge in [-0.15, -0.1) is 0 Å². The molecule has 0 unspecified atom stereocenters. The Morgan fingerprint density at radius 1 is 1.11 bits per heavy atom.